The van der Waals surface area contributed by atoms with E-state index in [0.29, 0.717) is 0 Å². The predicted molar refractivity (Wildman–Crippen MR) is 16.7 cm³/mol. The van der Waals surface area contributed by atoms with Gasteiger partial charge in [-0.3, -0.25) is 4.57 Å². The zero-order valence-corrected chi connectivity index (χ0v) is 5.49. The molecule has 0 spiro atoms. The molecule has 1 unspecified atom stereocenters. The van der Waals surface area contributed by atoms with Crippen LogP contribution in [0.5, 0.6) is 0 Å². The first kappa shape index (κ1) is 11.7. The molecule has 0 aliphatic carbocycles. The Morgan fingerprint density at radius 3 is 2.12 bits per heavy atom. The molecule has 0 rings (SSSR count). The Labute approximate surface area is 61.8 Å². The van der Waals surface area contributed by atoms with Crippen molar-refractivity contribution in [1.29, 1.82) is 0 Å². The maximum absolute atomic E-state index is 10.5. The molecule has 0 aromatic heterocycles. The molecule has 0 saturated heterocycles. The summed E-state index contributed by atoms with van der Waals surface area (Å²) < 4.78 is 25.1. The van der Waals surface area contributed by atoms with E-state index in [1.165, 1.54) is 0 Å². The molecule has 8 heteroatoms. The third kappa shape index (κ3) is 5.07. The smallest absolute Gasteiger partial charge is 0.753 e. The molecule has 0 radical (unpaired) electrons. The number of phosphoric acid groups is 1. The Morgan fingerprint density at radius 2 is 2.12 bits per heavy atom. The molecule has 0 fully saturated rings. The maximum Gasteiger partial charge on any atom is 1.00 e. The van der Waals surface area contributed by atoms with Crippen LogP contribution in [-0.4, -0.2) is 0 Å². The minimum absolute atomic E-state index is 0. The van der Waals surface area contributed by atoms with Crippen molar-refractivity contribution in [2.75, 3.05) is 0 Å². The molecule has 0 saturated carbocycles. The Kier molecular flexibility index (Phi) is 6.98. The van der Waals surface area contributed by atoms with Crippen molar-refractivity contribution in [1.82, 2.24) is 0 Å². The van der Waals surface area contributed by atoms with Crippen LogP contribution in [-0.2, 0) is 13.4 Å². The molecule has 4 nitrogen and oxygen atoms in total. The summed E-state index contributed by atoms with van der Waals surface area (Å²) >= 11 is 4.15. The molecule has 1 atom stereocenters. The standard InChI is InChI=1S/ClFHO4P.Li/c1-5-7(3,4)6-2;/h(H,3,4);/q;+1/p-1. The fraction of sp³-hybridized carbons (Fsp3) is 0. The fourth-order valence-corrected chi connectivity index (χ4v) is 0.0958. The number of rotatable bonds is 2. The molecule has 0 aromatic rings. The summed E-state index contributed by atoms with van der Waals surface area (Å²) in [6.45, 7) is 0. The summed E-state index contributed by atoms with van der Waals surface area (Å²) in [6, 6.07) is 0. The summed E-state index contributed by atoms with van der Waals surface area (Å²) in [6.07, 6.45) is 0. The molecular formula is ClFLiO4P. The molecule has 0 amide bonds. The van der Waals surface area contributed by atoms with Gasteiger partial charge in [-0.05, 0) is 4.53 Å². The second kappa shape index (κ2) is 4.77. The minimum atomic E-state index is -4.81. The van der Waals surface area contributed by atoms with E-state index in [-0.39, 0.29) is 18.9 Å². The maximum atomic E-state index is 10.5. The van der Waals surface area contributed by atoms with Gasteiger partial charge in [-0.2, -0.15) is 0 Å². The normalized spacial score (nSPS) is 16.4. The van der Waals surface area contributed by atoms with Crippen molar-refractivity contribution in [2.45, 2.75) is 0 Å². The predicted octanol–water partition coefficient (Wildman–Crippen LogP) is -2.47. The number of halogens is 2. The molecule has 0 aliphatic heterocycles. The molecular weight excluding hydrogens is 156 g/mol. The van der Waals surface area contributed by atoms with Crippen LogP contribution in [0.1, 0.15) is 0 Å². The van der Waals surface area contributed by atoms with Crippen LogP contribution in [0.25, 0.3) is 0 Å². The van der Waals surface area contributed by atoms with E-state index in [1.807, 2.05) is 0 Å². The Bertz CT molecular complexity index is 88.0. The zero-order chi connectivity index (χ0) is 5.91. The summed E-state index contributed by atoms with van der Waals surface area (Å²) in [7, 11) is -4.81. The Balaban J connectivity index is 0. The van der Waals surface area contributed by atoms with E-state index in [0.717, 1.165) is 0 Å². The minimum Gasteiger partial charge on any atom is -0.753 e. The van der Waals surface area contributed by atoms with Gasteiger partial charge >= 0.3 is 26.7 Å². The summed E-state index contributed by atoms with van der Waals surface area (Å²) in [5, 5.41) is 0. The van der Waals surface area contributed by atoms with Gasteiger partial charge < -0.3 is 4.89 Å². The number of hydrogen-bond donors (Lipinski definition) is 0. The SMILES string of the molecule is O=P([O-])(OF)OCl.[Li+]. The number of hydrogen-bond acceptors (Lipinski definition) is 4. The van der Waals surface area contributed by atoms with E-state index >= 15 is 0 Å². The first-order chi connectivity index (χ1) is 3.12. The molecule has 8 heavy (non-hydrogen) atoms. The van der Waals surface area contributed by atoms with Gasteiger partial charge in [-0.1, -0.05) is 0 Å². The first-order valence-corrected chi connectivity index (χ1v) is 2.81. The van der Waals surface area contributed by atoms with Crippen LogP contribution in [0.4, 0.5) is 4.53 Å². The van der Waals surface area contributed by atoms with Crippen molar-refractivity contribution in [3.05, 3.63) is 0 Å². The quantitative estimate of drug-likeness (QED) is 0.328. The van der Waals surface area contributed by atoms with Crippen LogP contribution < -0.4 is 23.8 Å². The Morgan fingerprint density at radius 1 is 1.75 bits per heavy atom. The van der Waals surface area contributed by atoms with Crippen LogP contribution in [0.3, 0.4) is 0 Å². The van der Waals surface area contributed by atoms with E-state index in [4.69, 9.17) is 0 Å². The van der Waals surface area contributed by atoms with Gasteiger partial charge in [0.15, 0.2) is 0 Å². The second-order valence-electron chi connectivity index (χ2n) is 0.585. The zero-order valence-electron chi connectivity index (χ0n) is 3.84. The molecule has 0 aliphatic rings. The van der Waals surface area contributed by atoms with Crippen molar-refractivity contribution in [3.63, 3.8) is 0 Å². The van der Waals surface area contributed by atoms with Crippen molar-refractivity contribution < 1.29 is 41.6 Å². The first-order valence-electron chi connectivity index (χ1n) is 1.04. The van der Waals surface area contributed by atoms with Gasteiger partial charge in [0.2, 0.25) is 0 Å². The summed E-state index contributed by atoms with van der Waals surface area (Å²) in [4.78, 5) is 9.44. The average molecular weight is 156 g/mol. The van der Waals surface area contributed by atoms with Gasteiger partial charge in [0.1, 0.15) is 0 Å². The van der Waals surface area contributed by atoms with Crippen molar-refractivity contribution in [3.8, 4) is 0 Å². The monoisotopic (exact) mass is 156 g/mol. The average Bonchev–Trinajstić information content (AvgIpc) is 1.68. The van der Waals surface area contributed by atoms with Gasteiger partial charge in [0, 0.05) is 0 Å². The van der Waals surface area contributed by atoms with Crippen LogP contribution in [0.2, 0.25) is 0 Å². The van der Waals surface area contributed by atoms with E-state index in [1.54, 1.807) is 0 Å². The van der Waals surface area contributed by atoms with E-state index in [2.05, 4.69) is 20.7 Å². The van der Waals surface area contributed by atoms with Gasteiger partial charge in [0.25, 0.3) is 0 Å². The van der Waals surface area contributed by atoms with Crippen LogP contribution in [0, 0.1) is 0 Å². The molecule has 0 N–H and O–H groups in total. The van der Waals surface area contributed by atoms with Gasteiger partial charge in [0.05, 0.1) is 11.9 Å². The Hall–Kier alpha value is 0.927. The van der Waals surface area contributed by atoms with Crippen molar-refractivity contribution in [2.24, 2.45) is 0 Å². The largest absolute Gasteiger partial charge is 1.00 e. The third-order valence-corrected chi connectivity index (χ3v) is 1.01. The van der Waals surface area contributed by atoms with Crippen LogP contribution in [0.15, 0.2) is 0 Å². The van der Waals surface area contributed by atoms with Gasteiger partial charge in [-0.15, -0.1) is 4.73 Å². The molecule has 0 heterocycles. The molecule has 44 valence electrons. The van der Waals surface area contributed by atoms with Crippen LogP contribution >= 0.6 is 19.7 Å². The molecule has 0 bridgehead atoms. The topological polar surface area (TPSA) is 58.6 Å². The van der Waals surface area contributed by atoms with Gasteiger partial charge in [-0.25, -0.2) is 4.08 Å². The third-order valence-electron chi connectivity index (χ3n) is 0.169. The summed E-state index contributed by atoms with van der Waals surface area (Å²) in [5.41, 5.74) is 0. The second-order valence-corrected chi connectivity index (χ2v) is 2.17. The summed E-state index contributed by atoms with van der Waals surface area (Å²) in [5.74, 6) is 0. The van der Waals surface area contributed by atoms with E-state index in [9.17, 15) is 14.0 Å². The fourth-order valence-electron chi connectivity index (χ4n) is 0.0106. The molecule has 0 aromatic carbocycles. The van der Waals surface area contributed by atoms with E-state index < -0.39 is 7.82 Å². The van der Waals surface area contributed by atoms with Crippen molar-refractivity contribution >= 4 is 19.7 Å².